The summed E-state index contributed by atoms with van der Waals surface area (Å²) in [5.41, 5.74) is 8.51. The molecule has 0 atom stereocenters. The zero-order valence-electron chi connectivity index (χ0n) is 22.5. The molecule has 0 bridgehead atoms. The summed E-state index contributed by atoms with van der Waals surface area (Å²) in [6, 6.07) is 14.9. The Bertz CT molecular complexity index is 1250. The fraction of sp³-hybridized carbons (Fsp3) is 0.484. The van der Waals surface area contributed by atoms with Crippen molar-refractivity contribution in [1.82, 2.24) is 9.97 Å². The number of aliphatic hydroxyl groups is 1. The summed E-state index contributed by atoms with van der Waals surface area (Å²) in [4.78, 5) is 15.3. The normalized spacial score (nSPS) is 17.4. The molecule has 0 spiro atoms. The molecule has 190 valence electrons. The van der Waals surface area contributed by atoms with Gasteiger partial charge in [-0.05, 0) is 53.9 Å². The minimum Gasteiger partial charge on any atom is -0.392 e. The van der Waals surface area contributed by atoms with E-state index in [9.17, 15) is 5.11 Å². The number of nitrogens with zero attached hydrogens (tertiary/aromatic N) is 4. The maximum atomic E-state index is 9.98. The van der Waals surface area contributed by atoms with Crippen molar-refractivity contribution in [2.45, 2.75) is 73.0 Å². The van der Waals surface area contributed by atoms with Gasteiger partial charge in [-0.25, -0.2) is 9.97 Å². The largest absolute Gasteiger partial charge is 0.392 e. The van der Waals surface area contributed by atoms with Gasteiger partial charge in [-0.15, -0.1) is 0 Å². The van der Waals surface area contributed by atoms with Crippen molar-refractivity contribution in [3.05, 3.63) is 70.4 Å². The second-order valence-electron chi connectivity index (χ2n) is 11.7. The van der Waals surface area contributed by atoms with Crippen LogP contribution in [0.5, 0.6) is 0 Å². The molecule has 1 N–H and O–H groups in total. The van der Waals surface area contributed by atoms with Crippen molar-refractivity contribution in [2.75, 3.05) is 29.4 Å². The second kappa shape index (κ2) is 9.85. The first-order valence-corrected chi connectivity index (χ1v) is 13.4. The van der Waals surface area contributed by atoms with E-state index >= 15 is 0 Å². The molecule has 1 aromatic heterocycles. The Morgan fingerprint density at radius 2 is 1.83 bits per heavy atom. The number of benzene rings is 2. The highest BCUT2D eigenvalue weighted by Crippen LogP contribution is 2.38. The number of fused-ring (bicyclic) bond motifs is 1. The minimum atomic E-state index is -0.0120. The van der Waals surface area contributed by atoms with E-state index in [1.165, 1.54) is 35.2 Å². The molecule has 0 radical (unpaired) electrons. The summed E-state index contributed by atoms with van der Waals surface area (Å²) in [5, 5.41) is 9.98. The molecule has 0 saturated carbocycles. The maximum Gasteiger partial charge on any atom is 0.162 e. The molecule has 36 heavy (non-hydrogen) atoms. The molecule has 0 unspecified atom stereocenters. The van der Waals surface area contributed by atoms with Gasteiger partial charge in [-0.2, -0.15) is 0 Å². The van der Waals surface area contributed by atoms with Gasteiger partial charge < -0.3 is 14.9 Å². The average Bonchev–Trinajstić information content (AvgIpc) is 2.87. The number of hydrogen-bond donors (Lipinski definition) is 1. The SMILES string of the molecule is Cc1ccc(C(C)C)cc1N1CCc2nc(-c3ccccc3CO)nc(N3CCCC(C)(C)C3)c2C1. The second-order valence-corrected chi connectivity index (χ2v) is 11.7. The molecule has 0 amide bonds. The summed E-state index contributed by atoms with van der Waals surface area (Å²) >= 11 is 0. The topological polar surface area (TPSA) is 52.5 Å². The lowest BCUT2D eigenvalue weighted by atomic mass is 9.84. The maximum absolute atomic E-state index is 9.98. The van der Waals surface area contributed by atoms with Crippen LogP contribution in [0.3, 0.4) is 0 Å². The van der Waals surface area contributed by atoms with Crippen LogP contribution >= 0.6 is 0 Å². The third-order valence-electron chi connectivity index (χ3n) is 7.91. The number of rotatable bonds is 5. The zero-order chi connectivity index (χ0) is 25.4. The Hall–Kier alpha value is -2.92. The number of hydrogen-bond acceptors (Lipinski definition) is 5. The molecular weight excluding hydrogens is 444 g/mol. The molecule has 3 aromatic rings. The minimum absolute atomic E-state index is 0.0120. The van der Waals surface area contributed by atoms with Crippen LogP contribution in [0.25, 0.3) is 11.4 Å². The smallest absolute Gasteiger partial charge is 0.162 e. The standard InChI is InChI=1S/C31H40N4O/c1-21(2)23-12-11-22(3)28(17-23)34-16-13-27-26(18-34)30(35-15-8-14-31(4,5)20-35)33-29(32-27)25-10-7-6-9-24(25)19-36/h6-7,9-12,17,21,36H,8,13-16,18-20H2,1-5H3. The van der Waals surface area contributed by atoms with E-state index in [1.54, 1.807) is 0 Å². The van der Waals surface area contributed by atoms with E-state index < -0.39 is 0 Å². The lowest BCUT2D eigenvalue weighted by Crippen LogP contribution is -2.42. The molecule has 3 heterocycles. The van der Waals surface area contributed by atoms with E-state index in [0.717, 1.165) is 61.1 Å². The van der Waals surface area contributed by atoms with Crippen LogP contribution in [0.15, 0.2) is 42.5 Å². The number of aryl methyl sites for hydroxylation is 1. The highest BCUT2D eigenvalue weighted by molar-refractivity contribution is 5.66. The Labute approximate surface area is 216 Å². The Morgan fingerprint density at radius 1 is 1.03 bits per heavy atom. The van der Waals surface area contributed by atoms with Crippen LogP contribution in [-0.4, -0.2) is 34.7 Å². The zero-order valence-corrected chi connectivity index (χ0v) is 22.5. The average molecular weight is 485 g/mol. The third kappa shape index (κ3) is 4.86. The molecule has 5 rings (SSSR count). The van der Waals surface area contributed by atoms with Gasteiger partial charge in [0.1, 0.15) is 5.82 Å². The summed E-state index contributed by atoms with van der Waals surface area (Å²) < 4.78 is 0. The fourth-order valence-electron chi connectivity index (χ4n) is 5.79. The fourth-order valence-corrected chi connectivity index (χ4v) is 5.79. The van der Waals surface area contributed by atoms with Gasteiger partial charge in [0, 0.05) is 49.4 Å². The first kappa shape index (κ1) is 24.8. The van der Waals surface area contributed by atoms with Crippen molar-refractivity contribution in [3.63, 3.8) is 0 Å². The molecule has 2 aromatic carbocycles. The van der Waals surface area contributed by atoms with Crippen molar-refractivity contribution in [1.29, 1.82) is 0 Å². The molecule has 2 aliphatic rings. The quantitative estimate of drug-likeness (QED) is 0.463. The van der Waals surface area contributed by atoms with Gasteiger partial charge in [0.2, 0.25) is 0 Å². The van der Waals surface area contributed by atoms with Gasteiger partial charge in [0.15, 0.2) is 5.82 Å². The molecule has 2 aliphatic heterocycles. The van der Waals surface area contributed by atoms with E-state index in [4.69, 9.17) is 9.97 Å². The number of aliphatic hydroxyl groups excluding tert-OH is 1. The molecule has 1 fully saturated rings. The first-order valence-electron chi connectivity index (χ1n) is 13.4. The number of piperidine rings is 1. The van der Waals surface area contributed by atoms with Crippen molar-refractivity contribution < 1.29 is 5.11 Å². The Balaban J connectivity index is 1.60. The molecule has 1 saturated heterocycles. The number of aromatic nitrogens is 2. The van der Waals surface area contributed by atoms with Crippen LogP contribution in [0.1, 0.15) is 74.4 Å². The van der Waals surface area contributed by atoms with Gasteiger partial charge in [0.25, 0.3) is 0 Å². The molecule has 5 nitrogen and oxygen atoms in total. The van der Waals surface area contributed by atoms with Crippen LogP contribution in [0.2, 0.25) is 0 Å². The van der Waals surface area contributed by atoms with E-state index in [-0.39, 0.29) is 12.0 Å². The van der Waals surface area contributed by atoms with Crippen molar-refractivity contribution >= 4 is 11.5 Å². The Kier molecular flexibility index (Phi) is 6.78. The predicted molar refractivity (Wildman–Crippen MR) is 149 cm³/mol. The van der Waals surface area contributed by atoms with Crippen molar-refractivity contribution in [2.24, 2.45) is 5.41 Å². The van der Waals surface area contributed by atoms with Gasteiger partial charge in [-0.3, -0.25) is 0 Å². The highest BCUT2D eigenvalue weighted by Gasteiger charge is 2.32. The summed E-state index contributed by atoms with van der Waals surface area (Å²) in [7, 11) is 0. The molecule has 0 aliphatic carbocycles. The van der Waals surface area contributed by atoms with Gasteiger partial charge >= 0.3 is 0 Å². The summed E-state index contributed by atoms with van der Waals surface area (Å²) in [5.74, 6) is 2.33. The van der Waals surface area contributed by atoms with Gasteiger partial charge in [0.05, 0.1) is 12.3 Å². The highest BCUT2D eigenvalue weighted by atomic mass is 16.3. The van der Waals surface area contributed by atoms with Crippen LogP contribution < -0.4 is 9.80 Å². The van der Waals surface area contributed by atoms with E-state index in [1.807, 2.05) is 24.3 Å². The first-order chi connectivity index (χ1) is 17.3. The third-order valence-corrected chi connectivity index (χ3v) is 7.91. The van der Waals surface area contributed by atoms with Crippen LogP contribution in [0.4, 0.5) is 11.5 Å². The van der Waals surface area contributed by atoms with Crippen LogP contribution in [-0.2, 0) is 19.6 Å². The van der Waals surface area contributed by atoms with Crippen molar-refractivity contribution in [3.8, 4) is 11.4 Å². The monoisotopic (exact) mass is 484 g/mol. The lowest BCUT2D eigenvalue weighted by molar-refractivity contribution is 0.282. The van der Waals surface area contributed by atoms with E-state index in [0.29, 0.717) is 5.92 Å². The lowest BCUT2D eigenvalue weighted by Gasteiger charge is -2.41. The van der Waals surface area contributed by atoms with Crippen LogP contribution in [0, 0.1) is 12.3 Å². The summed E-state index contributed by atoms with van der Waals surface area (Å²) in [6.07, 6.45) is 3.31. The molecular formula is C31H40N4O. The van der Waals surface area contributed by atoms with E-state index in [2.05, 4.69) is 62.6 Å². The summed E-state index contributed by atoms with van der Waals surface area (Å²) in [6.45, 7) is 15.2. The number of anilines is 2. The Morgan fingerprint density at radius 3 is 2.58 bits per heavy atom. The van der Waals surface area contributed by atoms with Gasteiger partial charge in [-0.1, -0.05) is 64.1 Å². The molecule has 5 heteroatoms. The predicted octanol–water partition coefficient (Wildman–Crippen LogP) is 6.26.